The molecule has 0 fully saturated rings. The summed E-state index contributed by atoms with van der Waals surface area (Å²) in [5.74, 6) is 1.26. The summed E-state index contributed by atoms with van der Waals surface area (Å²) in [5, 5.41) is 1.65. The second kappa shape index (κ2) is 7.72. The molecule has 148 valence electrons. The van der Waals surface area contributed by atoms with Crippen LogP contribution in [0.4, 0.5) is 0 Å². The van der Waals surface area contributed by atoms with Gasteiger partial charge in [-0.1, -0.05) is 44.5 Å². The molecule has 6 nitrogen and oxygen atoms in total. The molecule has 0 spiro atoms. The minimum atomic E-state index is -0.397. The molecule has 28 heavy (non-hydrogen) atoms. The van der Waals surface area contributed by atoms with E-state index in [0.717, 1.165) is 10.1 Å². The first-order chi connectivity index (χ1) is 13.1. The number of aryl methyl sites for hydroxylation is 1. The summed E-state index contributed by atoms with van der Waals surface area (Å²) in [6, 6.07) is 7.57. The summed E-state index contributed by atoms with van der Waals surface area (Å²) in [5.41, 5.74) is 0.649. The minimum absolute atomic E-state index is 0.0234. The third-order valence-corrected chi connectivity index (χ3v) is 5.59. The zero-order chi connectivity index (χ0) is 20.6. The van der Waals surface area contributed by atoms with E-state index in [1.807, 2.05) is 24.3 Å². The molecule has 0 aliphatic rings. The average molecular weight is 419 g/mol. The third-order valence-electron chi connectivity index (χ3n) is 4.29. The van der Waals surface area contributed by atoms with E-state index in [-0.39, 0.29) is 11.0 Å². The number of hydrogen-bond acceptors (Lipinski definition) is 5. The highest BCUT2D eigenvalue weighted by Crippen LogP contribution is 2.28. The Bertz CT molecular complexity index is 1140. The van der Waals surface area contributed by atoms with Gasteiger partial charge in [-0.2, -0.15) is 0 Å². The SMILES string of the molecule is Cn1c(=O)c2c(SCc3ccc(Cl)cc3)nc(CC(C)(C)C)nc2n(C)c1=O. The molecule has 8 heteroatoms. The lowest BCUT2D eigenvalue weighted by atomic mass is 9.92. The first-order valence-corrected chi connectivity index (χ1v) is 10.3. The molecular weight excluding hydrogens is 396 g/mol. The number of nitrogens with zero attached hydrogens (tertiary/aromatic N) is 4. The Morgan fingerprint density at radius 3 is 2.29 bits per heavy atom. The molecule has 2 heterocycles. The molecule has 0 aliphatic carbocycles. The summed E-state index contributed by atoms with van der Waals surface area (Å²) in [6.45, 7) is 6.30. The summed E-state index contributed by atoms with van der Waals surface area (Å²) in [6.07, 6.45) is 0.640. The molecule has 0 saturated heterocycles. The quantitative estimate of drug-likeness (QED) is 0.478. The Labute approximate surface area is 172 Å². The van der Waals surface area contributed by atoms with Crippen molar-refractivity contribution in [1.29, 1.82) is 0 Å². The van der Waals surface area contributed by atoms with E-state index < -0.39 is 5.69 Å². The Kier molecular flexibility index (Phi) is 5.68. The van der Waals surface area contributed by atoms with Gasteiger partial charge in [0.1, 0.15) is 16.2 Å². The third kappa shape index (κ3) is 4.31. The minimum Gasteiger partial charge on any atom is -0.280 e. The molecule has 0 saturated carbocycles. The van der Waals surface area contributed by atoms with Crippen LogP contribution in [0.15, 0.2) is 38.9 Å². The van der Waals surface area contributed by atoms with Crippen molar-refractivity contribution in [1.82, 2.24) is 19.1 Å². The number of aromatic nitrogens is 4. The van der Waals surface area contributed by atoms with E-state index in [0.29, 0.717) is 39.1 Å². The molecule has 0 radical (unpaired) electrons. The molecule has 0 atom stereocenters. The van der Waals surface area contributed by atoms with Crippen LogP contribution in [-0.2, 0) is 26.3 Å². The Balaban J connectivity index is 2.15. The van der Waals surface area contributed by atoms with Crippen molar-refractivity contribution < 1.29 is 0 Å². The molecule has 0 amide bonds. The van der Waals surface area contributed by atoms with Gasteiger partial charge in [-0.05, 0) is 23.1 Å². The van der Waals surface area contributed by atoms with Gasteiger partial charge in [0, 0.05) is 31.3 Å². The van der Waals surface area contributed by atoms with Crippen LogP contribution in [-0.4, -0.2) is 19.1 Å². The number of fused-ring (bicyclic) bond motifs is 1. The molecule has 0 aliphatic heterocycles. The lowest BCUT2D eigenvalue weighted by Gasteiger charge is -2.18. The van der Waals surface area contributed by atoms with Crippen molar-refractivity contribution in [2.45, 2.75) is 38.0 Å². The molecule has 0 bridgehead atoms. The zero-order valence-electron chi connectivity index (χ0n) is 16.6. The Morgan fingerprint density at radius 1 is 1.04 bits per heavy atom. The fourth-order valence-corrected chi connectivity index (χ4v) is 3.98. The van der Waals surface area contributed by atoms with Gasteiger partial charge in [0.15, 0.2) is 5.65 Å². The van der Waals surface area contributed by atoms with Crippen LogP contribution < -0.4 is 11.2 Å². The first kappa shape index (κ1) is 20.6. The van der Waals surface area contributed by atoms with Crippen LogP contribution >= 0.6 is 23.4 Å². The van der Waals surface area contributed by atoms with Crippen molar-refractivity contribution in [3.05, 3.63) is 61.5 Å². The van der Waals surface area contributed by atoms with Gasteiger partial charge in [-0.15, -0.1) is 11.8 Å². The number of halogens is 1. The van der Waals surface area contributed by atoms with E-state index in [4.69, 9.17) is 11.6 Å². The fraction of sp³-hybridized carbons (Fsp3) is 0.400. The normalized spacial score (nSPS) is 11.9. The summed E-state index contributed by atoms with van der Waals surface area (Å²) < 4.78 is 2.51. The molecular formula is C20H23ClN4O2S. The average Bonchev–Trinajstić information content (AvgIpc) is 2.62. The van der Waals surface area contributed by atoms with Gasteiger partial charge in [0.2, 0.25) is 0 Å². The van der Waals surface area contributed by atoms with E-state index in [2.05, 4.69) is 30.7 Å². The topological polar surface area (TPSA) is 69.8 Å². The molecule has 3 rings (SSSR count). The second-order valence-corrected chi connectivity index (χ2v) is 9.40. The first-order valence-electron chi connectivity index (χ1n) is 8.91. The highest BCUT2D eigenvalue weighted by atomic mass is 35.5. The number of benzene rings is 1. The smallest absolute Gasteiger partial charge is 0.280 e. The zero-order valence-corrected chi connectivity index (χ0v) is 18.2. The lowest BCUT2D eigenvalue weighted by molar-refractivity contribution is 0.399. The summed E-state index contributed by atoms with van der Waals surface area (Å²) >= 11 is 7.42. The Morgan fingerprint density at radius 2 is 1.68 bits per heavy atom. The van der Waals surface area contributed by atoms with Gasteiger partial charge < -0.3 is 0 Å². The van der Waals surface area contributed by atoms with Crippen LogP contribution in [0.5, 0.6) is 0 Å². The largest absolute Gasteiger partial charge is 0.332 e. The summed E-state index contributed by atoms with van der Waals surface area (Å²) in [7, 11) is 3.10. The van der Waals surface area contributed by atoms with Gasteiger partial charge in [0.25, 0.3) is 5.56 Å². The standard InChI is InChI=1S/C20H23ClN4O2S/c1-20(2,3)10-14-22-16-15(18(26)25(5)19(27)24(16)4)17(23-14)28-11-12-6-8-13(21)9-7-12/h6-9H,10-11H2,1-5H3. The second-order valence-electron chi connectivity index (χ2n) is 8.00. The summed E-state index contributed by atoms with van der Waals surface area (Å²) in [4.78, 5) is 34.4. The van der Waals surface area contributed by atoms with Crippen LogP contribution in [0.2, 0.25) is 5.02 Å². The molecule has 2 aromatic heterocycles. The van der Waals surface area contributed by atoms with E-state index in [1.165, 1.54) is 23.4 Å². The van der Waals surface area contributed by atoms with Crippen molar-refractivity contribution in [2.75, 3.05) is 0 Å². The van der Waals surface area contributed by atoms with Gasteiger partial charge in [0.05, 0.1) is 0 Å². The fourth-order valence-electron chi connectivity index (χ4n) is 2.86. The van der Waals surface area contributed by atoms with Crippen LogP contribution in [0.25, 0.3) is 11.0 Å². The Hall–Kier alpha value is -2.12. The number of hydrogen-bond donors (Lipinski definition) is 0. The predicted molar refractivity (Wildman–Crippen MR) is 114 cm³/mol. The van der Waals surface area contributed by atoms with Crippen molar-refractivity contribution in [3.8, 4) is 0 Å². The maximum absolute atomic E-state index is 12.8. The van der Waals surface area contributed by atoms with Crippen LogP contribution in [0.3, 0.4) is 0 Å². The maximum atomic E-state index is 12.8. The molecule has 1 aromatic carbocycles. The monoisotopic (exact) mass is 418 g/mol. The highest BCUT2D eigenvalue weighted by Gasteiger charge is 2.20. The van der Waals surface area contributed by atoms with Gasteiger partial charge in [-0.3, -0.25) is 13.9 Å². The highest BCUT2D eigenvalue weighted by molar-refractivity contribution is 7.98. The van der Waals surface area contributed by atoms with Gasteiger partial charge >= 0.3 is 5.69 Å². The van der Waals surface area contributed by atoms with Crippen molar-refractivity contribution in [3.63, 3.8) is 0 Å². The maximum Gasteiger partial charge on any atom is 0.332 e. The molecule has 0 N–H and O–H groups in total. The van der Waals surface area contributed by atoms with E-state index in [9.17, 15) is 9.59 Å². The number of thioether (sulfide) groups is 1. The van der Waals surface area contributed by atoms with Crippen LogP contribution in [0.1, 0.15) is 32.2 Å². The number of rotatable bonds is 4. The van der Waals surface area contributed by atoms with Crippen LogP contribution in [0, 0.1) is 5.41 Å². The van der Waals surface area contributed by atoms with Crippen molar-refractivity contribution >= 4 is 34.4 Å². The van der Waals surface area contributed by atoms with Gasteiger partial charge in [-0.25, -0.2) is 14.8 Å². The predicted octanol–water partition coefficient (Wildman–Crippen LogP) is 3.56. The van der Waals surface area contributed by atoms with E-state index >= 15 is 0 Å². The molecule has 3 aromatic rings. The van der Waals surface area contributed by atoms with Crippen molar-refractivity contribution in [2.24, 2.45) is 19.5 Å². The molecule has 0 unspecified atom stereocenters. The van der Waals surface area contributed by atoms with E-state index in [1.54, 1.807) is 7.05 Å². The lowest BCUT2D eigenvalue weighted by Crippen LogP contribution is -2.38.